The SMILES string of the molecule is CSc1ncc(Br)cc1[N+](=O)[O-]. The number of halogens is 1. The van der Waals surface area contributed by atoms with Gasteiger partial charge in [0, 0.05) is 16.7 Å². The quantitative estimate of drug-likeness (QED) is 0.459. The minimum absolute atomic E-state index is 0.0388. The normalized spacial score (nSPS) is 9.83. The van der Waals surface area contributed by atoms with Crippen LogP contribution in [-0.2, 0) is 0 Å². The monoisotopic (exact) mass is 248 g/mol. The van der Waals surface area contributed by atoms with Crippen molar-refractivity contribution in [1.29, 1.82) is 0 Å². The first-order chi connectivity index (χ1) is 5.65. The molecule has 12 heavy (non-hydrogen) atoms. The van der Waals surface area contributed by atoms with Gasteiger partial charge in [0.15, 0.2) is 5.03 Å². The van der Waals surface area contributed by atoms with Gasteiger partial charge < -0.3 is 0 Å². The Balaban J connectivity index is 3.21. The van der Waals surface area contributed by atoms with Crippen molar-refractivity contribution < 1.29 is 4.92 Å². The topological polar surface area (TPSA) is 56.0 Å². The highest BCUT2D eigenvalue weighted by Gasteiger charge is 2.14. The van der Waals surface area contributed by atoms with Gasteiger partial charge in [-0.1, -0.05) is 0 Å². The second-order valence-corrected chi connectivity index (χ2v) is 3.65. The molecule has 64 valence electrons. The van der Waals surface area contributed by atoms with Crippen molar-refractivity contribution in [3.05, 3.63) is 26.9 Å². The van der Waals surface area contributed by atoms with E-state index in [1.54, 1.807) is 12.5 Å². The van der Waals surface area contributed by atoms with E-state index in [0.717, 1.165) is 0 Å². The van der Waals surface area contributed by atoms with E-state index in [-0.39, 0.29) is 5.69 Å². The summed E-state index contributed by atoms with van der Waals surface area (Å²) in [6.07, 6.45) is 3.29. The molecule has 0 atom stereocenters. The van der Waals surface area contributed by atoms with Gasteiger partial charge >= 0.3 is 5.69 Å². The molecule has 0 amide bonds. The summed E-state index contributed by atoms with van der Waals surface area (Å²) < 4.78 is 0.618. The summed E-state index contributed by atoms with van der Waals surface area (Å²) in [4.78, 5) is 13.9. The number of nitrogens with zero attached hydrogens (tertiary/aromatic N) is 2. The fourth-order valence-corrected chi connectivity index (χ4v) is 1.52. The molecule has 0 unspecified atom stereocenters. The predicted molar refractivity (Wildman–Crippen MR) is 50.4 cm³/mol. The Labute approximate surface area is 81.7 Å². The van der Waals surface area contributed by atoms with Crippen molar-refractivity contribution in [3.8, 4) is 0 Å². The van der Waals surface area contributed by atoms with Gasteiger partial charge in [0.2, 0.25) is 0 Å². The Kier molecular flexibility index (Phi) is 3.05. The van der Waals surface area contributed by atoms with Gasteiger partial charge in [0.1, 0.15) is 0 Å². The summed E-state index contributed by atoms with van der Waals surface area (Å²) in [6.45, 7) is 0. The summed E-state index contributed by atoms with van der Waals surface area (Å²) in [6, 6.07) is 1.44. The lowest BCUT2D eigenvalue weighted by Crippen LogP contribution is -1.92. The highest BCUT2D eigenvalue weighted by Crippen LogP contribution is 2.27. The first-order valence-electron chi connectivity index (χ1n) is 2.99. The highest BCUT2D eigenvalue weighted by molar-refractivity contribution is 9.10. The lowest BCUT2D eigenvalue weighted by atomic mass is 10.4. The Hall–Kier alpha value is -0.620. The number of hydrogen-bond donors (Lipinski definition) is 0. The Morgan fingerprint density at radius 3 is 2.92 bits per heavy atom. The number of pyridine rings is 1. The molecule has 0 spiro atoms. The fraction of sp³-hybridized carbons (Fsp3) is 0.167. The molecule has 4 nitrogen and oxygen atoms in total. The van der Waals surface area contributed by atoms with E-state index >= 15 is 0 Å². The summed E-state index contributed by atoms with van der Waals surface area (Å²) in [5.74, 6) is 0. The van der Waals surface area contributed by atoms with Crippen molar-refractivity contribution in [2.75, 3.05) is 6.26 Å². The molecule has 0 aromatic carbocycles. The van der Waals surface area contributed by atoms with Gasteiger partial charge in [-0.25, -0.2) is 4.98 Å². The molecular formula is C6H5BrN2O2S. The fourth-order valence-electron chi connectivity index (χ4n) is 0.704. The third-order valence-electron chi connectivity index (χ3n) is 1.19. The first-order valence-corrected chi connectivity index (χ1v) is 5.01. The van der Waals surface area contributed by atoms with Crippen LogP contribution >= 0.6 is 27.7 Å². The molecular weight excluding hydrogens is 244 g/mol. The number of hydrogen-bond acceptors (Lipinski definition) is 4. The number of aromatic nitrogens is 1. The molecule has 6 heteroatoms. The van der Waals surface area contributed by atoms with Crippen LogP contribution < -0.4 is 0 Å². The molecule has 0 saturated carbocycles. The molecule has 1 aromatic heterocycles. The third kappa shape index (κ3) is 1.95. The largest absolute Gasteiger partial charge is 0.302 e. The van der Waals surface area contributed by atoms with Crippen LogP contribution in [0.1, 0.15) is 0 Å². The maximum Gasteiger partial charge on any atom is 0.302 e. The van der Waals surface area contributed by atoms with Crippen LogP contribution in [-0.4, -0.2) is 16.2 Å². The zero-order chi connectivity index (χ0) is 9.14. The van der Waals surface area contributed by atoms with Crippen LogP contribution in [0.15, 0.2) is 21.8 Å². The van der Waals surface area contributed by atoms with Crippen LogP contribution in [0.4, 0.5) is 5.69 Å². The molecule has 0 N–H and O–H groups in total. The molecule has 1 rings (SSSR count). The second kappa shape index (κ2) is 3.86. The van der Waals surface area contributed by atoms with Gasteiger partial charge in [-0.05, 0) is 22.2 Å². The molecule has 1 aromatic rings. The number of thioether (sulfide) groups is 1. The number of rotatable bonds is 2. The van der Waals surface area contributed by atoms with Crippen molar-refractivity contribution in [1.82, 2.24) is 4.98 Å². The zero-order valence-corrected chi connectivity index (χ0v) is 8.55. The summed E-state index contributed by atoms with van der Waals surface area (Å²) >= 11 is 4.38. The summed E-state index contributed by atoms with van der Waals surface area (Å²) in [5.41, 5.74) is 0.0388. The minimum atomic E-state index is -0.441. The maximum atomic E-state index is 10.5. The van der Waals surface area contributed by atoms with Crippen LogP contribution in [0, 0.1) is 10.1 Å². The third-order valence-corrected chi connectivity index (χ3v) is 2.32. The van der Waals surface area contributed by atoms with E-state index in [9.17, 15) is 10.1 Å². The molecule has 0 radical (unpaired) electrons. The second-order valence-electron chi connectivity index (χ2n) is 1.94. The van der Waals surface area contributed by atoms with E-state index in [1.165, 1.54) is 17.8 Å². The predicted octanol–water partition coefficient (Wildman–Crippen LogP) is 2.47. The van der Waals surface area contributed by atoms with Gasteiger partial charge in [0.05, 0.1) is 4.92 Å². The van der Waals surface area contributed by atoms with E-state index < -0.39 is 4.92 Å². The standard InChI is InChI=1S/C6H5BrN2O2S/c1-12-6-5(9(10)11)2-4(7)3-8-6/h2-3H,1H3. The molecule has 1 heterocycles. The molecule has 0 aliphatic heterocycles. The smallest absolute Gasteiger partial charge is 0.258 e. The van der Waals surface area contributed by atoms with Crippen molar-refractivity contribution >= 4 is 33.4 Å². The van der Waals surface area contributed by atoms with Gasteiger partial charge in [-0.3, -0.25) is 10.1 Å². The van der Waals surface area contributed by atoms with E-state index in [4.69, 9.17) is 0 Å². The average Bonchev–Trinajstić information content (AvgIpc) is 2.04. The van der Waals surface area contributed by atoms with Gasteiger partial charge in [-0.2, -0.15) is 0 Å². The van der Waals surface area contributed by atoms with Crippen molar-refractivity contribution in [2.24, 2.45) is 0 Å². The van der Waals surface area contributed by atoms with Crippen LogP contribution in [0.2, 0.25) is 0 Å². The lowest BCUT2D eigenvalue weighted by Gasteiger charge is -1.97. The molecule has 0 fully saturated rings. The van der Waals surface area contributed by atoms with Gasteiger partial charge in [0.25, 0.3) is 0 Å². The highest BCUT2D eigenvalue weighted by atomic mass is 79.9. The van der Waals surface area contributed by atoms with Gasteiger partial charge in [-0.15, -0.1) is 11.8 Å². The first kappa shape index (κ1) is 9.47. The average molecular weight is 249 g/mol. The Morgan fingerprint density at radius 1 is 1.75 bits per heavy atom. The van der Waals surface area contributed by atoms with E-state index in [1.807, 2.05) is 0 Å². The summed E-state index contributed by atoms with van der Waals surface area (Å²) in [7, 11) is 0. The Morgan fingerprint density at radius 2 is 2.42 bits per heavy atom. The van der Waals surface area contributed by atoms with E-state index in [0.29, 0.717) is 9.50 Å². The zero-order valence-electron chi connectivity index (χ0n) is 6.15. The summed E-state index contributed by atoms with van der Waals surface area (Å²) in [5, 5.41) is 10.9. The lowest BCUT2D eigenvalue weighted by molar-refractivity contribution is -0.388. The van der Waals surface area contributed by atoms with Crippen LogP contribution in [0.3, 0.4) is 0 Å². The van der Waals surface area contributed by atoms with E-state index in [2.05, 4.69) is 20.9 Å². The number of nitro groups is 1. The van der Waals surface area contributed by atoms with Crippen LogP contribution in [0.25, 0.3) is 0 Å². The van der Waals surface area contributed by atoms with Crippen LogP contribution in [0.5, 0.6) is 0 Å². The van der Waals surface area contributed by atoms with Crippen molar-refractivity contribution in [3.63, 3.8) is 0 Å². The molecule has 0 aliphatic carbocycles. The Bertz CT molecular complexity index is 318. The minimum Gasteiger partial charge on any atom is -0.258 e. The molecule has 0 bridgehead atoms. The maximum absolute atomic E-state index is 10.5. The molecule has 0 saturated heterocycles. The molecule has 0 aliphatic rings. The van der Waals surface area contributed by atoms with Crippen molar-refractivity contribution in [2.45, 2.75) is 5.03 Å².